The molecule has 1 unspecified atom stereocenters. The first-order valence-corrected chi connectivity index (χ1v) is 7.60. The average Bonchev–Trinajstić information content (AvgIpc) is 2.72. The summed E-state index contributed by atoms with van der Waals surface area (Å²) in [7, 11) is -1.05. The second-order valence-electron chi connectivity index (χ2n) is 3.91. The van der Waals surface area contributed by atoms with Crippen molar-refractivity contribution < 1.29 is 4.21 Å². The SMILES string of the molecule is Cc1nccn1CCS(=O)c1ccc(N)cc1Br. The Bertz CT molecular complexity index is 582. The highest BCUT2D eigenvalue weighted by Gasteiger charge is 2.09. The molecule has 2 aromatic rings. The molecule has 1 aromatic heterocycles. The summed E-state index contributed by atoms with van der Waals surface area (Å²) in [4.78, 5) is 4.91. The van der Waals surface area contributed by atoms with Crippen LogP contribution in [0, 0.1) is 6.92 Å². The summed E-state index contributed by atoms with van der Waals surface area (Å²) >= 11 is 3.39. The molecule has 0 aliphatic rings. The lowest BCUT2D eigenvalue weighted by atomic mass is 10.3. The summed E-state index contributed by atoms with van der Waals surface area (Å²) in [5.74, 6) is 1.49. The minimum absolute atomic E-state index is 0.555. The molecule has 1 heterocycles. The van der Waals surface area contributed by atoms with E-state index in [0.29, 0.717) is 18.0 Å². The predicted octanol–water partition coefficient (Wildman–Crippen LogP) is 2.34. The summed E-state index contributed by atoms with van der Waals surface area (Å²) in [5, 5.41) is 0. The van der Waals surface area contributed by atoms with Crippen LogP contribution in [0.1, 0.15) is 5.82 Å². The smallest absolute Gasteiger partial charge is 0.105 e. The van der Waals surface area contributed by atoms with Gasteiger partial charge in [0, 0.05) is 34.9 Å². The quantitative estimate of drug-likeness (QED) is 0.877. The molecule has 1 atom stereocenters. The zero-order chi connectivity index (χ0) is 13.1. The molecule has 0 saturated heterocycles. The van der Waals surface area contributed by atoms with Gasteiger partial charge in [0.1, 0.15) is 5.82 Å². The number of aryl methyl sites for hydroxylation is 2. The molecule has 0 aliphatic heterocycles. The van der Waals surface area contributed by atoms with Crippen molar-refractivity contribution in [2.45, 2.75) is 18.4 Å². The van der Waals surface area contributed by atoms with Gasteiger partial charge < -0.3 is 10.3 Å². The molecule has 0 bridgehead atoms. The Morgan fingerprint density at radius 2 is 2.28 bits per heavy atom. The lowest BCUT2D eigenvalue weighted by molar-refractivity contribution is 0.669. The highest BCUT2D eigenvalue weighted by Crippen LogP contribution is 2.23. The molecule has 0 amide bonds. The second-order valence-corrected chi connectivity index (χ2v) is 6.30. The highest BCUT2D eigenvalue weighted by molar-refractivity contribution is 9.10. The number of nitrogens with two attached hydrogens (primary N) is 1. The molecule has 4 nitrogen and oxygen atoms in total. The van der Waals surface area contributed by atoms with Crippen LogP contribution >= 0.6 is 15.9 Å². The topological polar surface area (TPSA) is 60.9 Å². The van der Waals surface area contributed by atoms with E-state index >= 15 is 0 Å². The molecule has 18 heavy (non-hydrogen) atoms. The Labute approximate surface area is 117 Å². The minimum atomic E-state index is -1.05. The van der Waals surface area contributed by atoms with E-state index in [1.165, 1.54) is 0 Å². The highest BCUT2D eigenvalue weighted by atomic mass is 79.9. The van der Waals surface area contributed by atoms with Crippen LogP contribution in [0.5, 0.6) is 0 Å². The Hall–Kier alpha value is -1.14. The van der Waals surface area contributed by atoms with Crippen molar-refractivity contribution in [1.82, 2.24) is 9.55 Å². The van der Waals surface area contributed by atoms with Gasteiger partial charge in [0.15, 0.2) is 0 Å². The van der Waals surface area contributed by atoms with Gasteiger partial charge in [-0.15, -0.1) is 0 Å². The maximum absolute atomic E-state index is 12.2. The molecule has 6 heteroatoms. The van der Waals surface area contributed by atoms with Crippen LogP contribution < -0.4 is 5.73 Å². The number of nitrogen functional groups attached to an aromatic ring is 1. The summed E-state index contributed by atoms with van der Waals surface area (Å²) in [5.41, 5.74) is 6.32. The van der Waals surface area contributed by atoms with Crippen LogP contribution in [0.4, 0.5) is 5.69 Å². The van der Waals surface area contributed by atoms with Crippen molar-refractivity contribution in [1.29, 1.82) is 0 Å². The van der Waals surface area contributed by atoms with E-state index in [0.717, 1.165) is 15.2 Å². The van der Waals surface area contributed by atoms with Crippen molar-refractivity contribution >= 4 is 32.4 Å². The van der Waals surface area contributed by atoms with Crippen molar-refractivity contribution in [2.75, 3.05) is 11.5 Å². The second kappa shape index (κ2) is 5.67. The maximum atomic E-state index is 12.2. The maximum Gasteiger partial charge on any atom is 0.105 e. The minimum Gasteiger partial charge on any atom is -0.399 e. The van der Waals surface area contributed by atoms with E-state index in [4.69, 9.17) is 5.73 Å². The van der Waals surface area contributed by atoms with Gasteiger partial charge in [-0.2, -0.15) is 0 Å². The van der Waals surface area contributed by atoms with Crippen LogP contribution in [0.25, 0.3) is 0 Å². The van der Waals surface area contributed by atoms with E-state index < -0.39 is 10.8 Å². The molecule has 0 aliphatic carbocycles. The van der Waals surface area contributed by atoms with Gasteiger partial charge >= 0.3 is 0 Å². The number of halogens is 1. The van der Waals surface area contributed by atoms with Crippen molar-refractivity contribution in [3.8, 4) is 0 Å². The summed E-state index contributed by atoms with van der Waals surface area (Å²) < 4.78 is 15.0. The van der Waals surface area contributed by atoms with Gasteiger partial charge in [0.25, 0.3) is 0 Å². The number of imidazole rings is 1. The fourth-order valence-electron chi connectivity index (χ4n) is 1.63. The van der Waals surface area contributed by atoms with Crippen LogP contribution in [0.3, 0.4) is 0 Å². The van der Waals surface area contributed by atoms with Crippen LogP contribution in [-0.4, -0.2) is 19.5 Å². The van der Waals surface area contributed by atoms with E-state index in [-0.39, 0.29) is 0 Å². The number of hydrogen-bond acceptors (Lipinski definition) is 3. The molecule has 0 spiro atoms. The average molecular weight is 328 g/mol. The molecule has 2 N–H and O–H groups in total. The number of hydrogen-bond donors (Lipinski definition) is 1. The third kappa shape index (κ3) is 3.00. The molecular formula is C12H14BrN3OS. The van der Waals surface area contributed by atoms with E-state index in [1.807, 2.05) is 17.7 Å². The van der Waals surface area contributed by atoms with Gasteiger partial charge in [-0.05, 0) is 41.1 Å². The zero-order valence-corrected chi connectivity index (χ0v) is 12.4. The van der Waals surface area contributed by atoms with Gasteiger partial charge in [-0.25, -0.2) is 4.98 Å². The predicted molar refractivity (Wildman–Crippen MR) is 76.8 cm³/mol. The monoisotopic (exact) mass is 327 g/mol. The molecule has 0 fully saturated rings. The van der Waals surface area contributed by atoms with Crippen LogP contribution in [0.15, 0.2) is 40.0 Å². The molecule has 2 rings (SSSR count). The number of benzene rings is 1. The summed E-state index contributed by atoms with van der Waals surface area (Å²) in [6.07, 6.45) is 3.64. The van der Waals surface area contributed by atoms with Crippen molar-refractivity contribution in [3.63, 3.8) is 0 Å². The lowest BCUT2D eigenvalue weighted by Crippen LogP contribution is -2.09. The fourth-order valence-corrected chi connectivity index (χ4v) is 3.65. The van der Waals surface area contributed by atoms with Crippen LogP contribution in [0.2, 0.25) is 0 Å². The zero-order valence-electron chi connectivity index (χ0n) is 9.97. The first kappa shape index (κ1) is 13.3. The largest absolute Gasteiger partial charge is 0.399 e. The lowest BCUT2D eigenvalue weighted by Gasteiger charge is -2.07. The molecular weight excluding hydrogens is 314 g/mol. The van der Waals surface area contributed by atoms with Crippen molar-refractivity contribution in [2.24, 2.45) is 0 Å². The van der Waals surface area contributed by atoms with E-state index in [9.17, 15) is 4.21 Å². The summed E-state index contributed by atoms with van der Waals surface area (Å²) in [6.45, 7) is 2.62. The van der Waals surface area contributed by atoms with E-state index in [2.05, 4.69) is 20.9 Å². The van der Waals surface area contributed by atoms with Crippen LogP contribution in [-0.2, 0) is 17.3 Å². The standard InChI is InChI=1S/C12H14BrN3OS/c1-9-15-4-5-16(9)6-7-18(17)12-3-2-10(14)8-11(12)13/h2-5,8H,6-7,14H2,1H3. The Morgan fingerprint density at radius 3 is 2.89 bits per heavy atom. The fraction of sp³-hybridized carbons (Fsp3) is 0.250. The number of anilines is 1. The normalized spacial score (nSPS) is 12.6. The molecule has 0 saturated carbocycles. The molecule has 0 radical (unpaired) electrons. The third-order valence-electron chi connectivity index (χ3n) is 2.64. The number of aromatic nitrogens is 2. The first-order chi connectivity index (χ1) is 8.58. The van der Waals surface area contributed by atoms with Crippen molar-refractivity contribution in [3.05, 3.63) is 40.9 Å². The first-order valence-electron chi connectivity index (χ1n) is 5.49. The van der Waals surface area contributed by atoms with Gasteiger partial charge in [0.05, 0.1) is 15.7 Å². The van der Waals surface area contributed by atoms with E-state index in [1.54, 1.807) is 24.4 Å². The molecule has 96 valence electrons. The Kier molecular flexibility index (Phi) is 4.19. The van der Waals surface area contributed by atoms with Gasteiger partial charge in [0.2, 0.25) is 0 Å². The Morgan fingerprint density at radius 1 is 1.50 bits per heavy atom. The third-order valence-corrected chi connectivity index (χ3v) is 4.96. The number of nitrogens with zero attached hydrogens (tertiary/aromatic N) is 2. The Balaban J connectivity index is 2.06. The summed E-state index contributed by atoms with van der Waals surface area (Å²) in [6, 6.07) is 5.34. The molecule has 1 aromatic carbocycles. The number of rotatable bonds is 4. The van der Waals surface area contributed by atoms with Gasteiger partial charge in [-0.1, -0.05) is 0 Å². The van der Waals surface area contributed by atoms with Gasteiger partial charge in [-0.3, -0.25) is 4.21 Å².